The smallest absolute Gasteiger partial charge is 0.000707 e. The Bertz CT molecular complexity index is 1690. The third-order valence-electron chi connectivity index (χ3n) is 8.78. The summed E-state index contributed by atoms with van der Waals surface area (Å²) in [5.41, 5.74) is 19.1. The molecule has 6 rings (SSSR count). The number of aryl methyl sites for hydroxylation is 2. The average Bonchev–Trinajstić information content (AvgIpc) is 3.54. The predicted molar refractivity (Wildman–Crippen MR) is 178 cm³/mol. The summed E-state index contributed by atoms with van der Waals surface area (Å²) in [6.07, 6.45) is 7.91. The quantitative estimate of drug-likeness (QED) is 0.216. The van der Waals surface area contributed by atoms with Crippen LogP contribution < -0.4 is 0 Å². The zero-order valence-corrected chi connectivity index (χ0v) is 25.9. The van der Waals surface area contributed by atoms with Crippen molar-refractivity contribution in [3.63, 3.8) is 0 Å². The summed E-state index contributed by atoms with van der Waals surface area (Å²) in [5, 5.41) is 0. The summed E-state index contributed by atoms with van der Waals surface area (Å²) in [6, 6.07) is 30.0. The molecule has 0 heterocycles. The maximum absolute atomic E-state index is 2.46. The van der Waals surface area contributed by atoms with E-state index >= 15 is 0 Å². The lowest BCUT2D eigenvalue weighted by Gasteiger charge is -2.27. The molecular formula is C41H42. The maximum atomic E-state index is 2.46. The Labute approximate surface area is 247 Å². The van der Waals surface area contributed by atoms with E-state index in [1.807, 2.05) is 0 Å². The average molecular weight is 535 g/mol. The molecule has 0 heteroatoms. The standard InChI is InChI=1S/C41H42/c1-26-12-16-28(17-13-26)38(29-18-14-27(2)15-19-29)34-10-9-11-35(34)39-36-25-30-24-31(40(3,4)5)20-21-32(30)33(36)22-23-37(39)41(6,7)8/h9-24H,25H2,1-8H3. The lowest BCUT2D eigenvalue weighted by Crippen LogP contribution is -2.16. The van der Waals surface area contributed by atoms with Gasteiger partial charge in [-0.25, -0.2) is 0 Å². The second kappa shape index (κ2) is 9.88. The van der Waals surface area contributed by atoms with Gasteiger partial charge in [-0.3, -0.25) is 0 Å². The molecule has 0 spiro atoms. The maximum Gasteiger partial charge on any atom is -0.000707 e. The Morgan fingerprint density at radius 1 is 0.634 bits per heavy atom. The highest BCUT2D eigenvalue weighted by atomic mass is 14.3. The van der Waals surface area contributed by atoms with Crippen molar-refractivity contribution < 1.29 is 0 Å². The minimum atomic E-state index is 0.0120. The third kappa shape index (κ3) is 4.95. The molecule has 0 amide bonds. The van der Waals surface area contributed by atoms with Gasteiger partial charge in [-0.05, 0) is 97.9 Å². The lowest BCUT2D eigenvalue weighted by molar-refractivity contribution is 0.588. The molecule has 2 aliphatic carbocycles. The molecule has 0 fully saturated rings. The predicted octanol–water partition coefficient (Wildman–Crippen LogP) is 10.9. The molecule has 2 aliphatic rings. The summed E-state index contributed by atoms with van der Waals surface area (Å²) >= 11 is 0. The van der Waals surface area contributed by atoms with Crippen LogP contribution in [0.3, 0.4) is 0 Å². The van der Waals surface area contributed by atoms with E-state index in [-0.39, 0.29) is 10.8 Å². The van der Waals surface area contributed by atoms with Crippen LogP contribution in [0, 0.1) is 13.8 Å². The molecule has 4 aromatic rings. The summed E-state index contributed by atoms with van der Waals surface area (Å²) in [4.78, 5) is 0. The van der Waals surface area contributed by atoms with E-state index in [2.05, 4.69) is 152 Å². The first-order valence-electron chi connectivity index (χ1n) is 15.0. The topological polar surface area (TPSA) is 0 Å². The fourth-order valence-electron chi connectivity index (χ4n) is 6.45. The molecule has 0 radical (unpaired) electrons. The van der Waals surface area contributed by atoms with Crippen molar-refractivity contribution in [3.05, 3.63) is 153 Å². The molecule has 4 aromatic carbocycles. The van der Waals surface area contributed by atoms with Gasteiger partial charge in [0.2, 0.25) is 0 Å². The Balaban J connectivity index is 1.60. The number of hydrogen-bond donors (Lipinski definition) is 0. The van der Waals surface area contributed by atoms with E-state index in [0.29, 0.717) is 0 Å². The first-order valence-corrected chi connectivity index (χ1v) is 15.0. The van der Waals surface area contributed by atoms with Crippen molar-refractivity contribution >= 4 is 11.1 Å². The molecule has 41 heavy (non-hydrogen) atoms. The third-order valence-corrected chi connectivity index (χ3v) is 8.78. The van der Waals surface area contributed by atoms with Crippen molar-refractivity contribution in [2.45, 2.75) is 72.6 Å². The van der Waals surface area contributed by atoms with Crippen molar-refractivity contribution in [1.29, 1.82) is 0 Å². The Morgan fingerprint density at radius 3 is 1.78 bits per heavy atom. The molecule has 0 nitrogen and oxygen atoms in total. The van der Waals surface area contributed by atoms with Crippen molar-refractivity contribution in [2.24, 2.45) is 0 Å². The monoisotopic (exact) mass is 534 g/mol. The number of hydrogen-bond acceptors (Lipinski definition) is 0. The fraction of sp³-hybridized carbons (Fsp3) is 0.268. The van der Waals surface area contributed by atoms with E-state index in [4.69, 9.17) is 0 Å². The normalized spacial score (nSPS) is 14.2. The summed E-state index contributed by atoms with van der Waals surface area (Å²) in [5.74, 6) is 0. The first kappa shape index (κ1) is 27.3. The van der Waals surface area contributed by atoms with E-state index in [1.165, 1.54) is 77.9 Å². The zero-order chi connectivity index (χ0) is 29.1. The highest BCUT2D eigenvalue weighted by molar-refractivity contribution is 6.02. The van der Waals surface area contributed by atoms with E-state index < -0.39 is 0 Å². The van der Waals surface area contributed by atoms with Crippen LogP contribution in [0.5, 0.6) is 0 Å². The van der Waals surface area contributed by atoms with Gasteiger partial charge in [0.1, 0.15) is 0 Å². The van der Waals surface area contributed by atoms with Crippen LogP contribution in [0.1, 0.15) is 91.6 Å². The fourth-order valence-corrected chi connectivity index (χ4v) is 6.45. The van der Waals surface area contributed by atoms with Gasteiger partial charge in [0.05, 0.1) is 0 Å². The molecule has 0 atom stereocenters. The molecule has 0 N–H and O–H groups in total. The lowest BCUT2D eigenvalue weighted by atomic mass is 9.76. The van der Waals surface area contributed by atoms with Gasteiger partial charge in [0.15, 0.2) is 0 Å². The highest BCUT2D eigenvalue weighted by Crippen LogP contribution is 2.49. The minimum Gasteiger partial charge on any atom is -0.0610 e. The zero-order valence-electron chi connectivity index (χ0n) is 25.9. The highest BCUT2D eigenvalue weighted by Gasteiger charge is 2.31. The first-order chi connectivity index (χ1) is 19.4. The van der Waals surface area contributed by atoms with E-state index in [1.54, 1.807) is 0 Å². The van der Waals surface area contributed by atoms with E-state index in [0.717, 1.165) is 6.42 Å². The Morgan fingerprint density at radius 2 is 1.22 bits per heavy atom. The summed E-state index contributed by atoms with van der Waals surface area (Å²) < 4.78 is 0. The second-order valence-electron chi connectivity index (χ2n) is 14.0. The minimum absolute atomic E-state index is 0.0120. The number of allylic oxidation sites excluding steroid dienone is 5. The van der Waals surface area contributed by atoms with Crippen LogP contribution >= 0.6 is 0 Å². The van der Waals surface area contributed by atoms with Gasteiger partial charge < -0.3 is 0 Å². The number of benzene rings is 4. The van der Waals surface area contributed by atoms with Gasteiger partial charge in [-0.2, -0.15) is 0 Å². The second-order valence-corrected chi connectivity index (χ2v) is 14.0. The number of fused-ring (bicyclic) bond motifs is 3. The van der Waals surface area contributed by atoms with Crippen molar-refractivity contribution in [2.75, 3.05) is 0 Å². The summed E-state index contributed by atoms with van der Waals surface area (Å²) in [6.45, 7) is 18.3. The van der Waals surface area contributed by atoms with Crippen LogP contribution in [-0.2, 0) is 17.3 Å². The summed E-state index contributed by atoms with van der Waals surface area (Å²) in [7, 11) is 0. The largest absolute Gasteiger partial charge is 0.0610 e. The van der Waals surface area contributed by atoms with Crippen LogP contribution in [0.4, 0.5) is 0 Å². The SMILES string of the molecule is Cc1ccc(C(=C2C=CC=C2c2c(C(C)(C)C)ccc3c2Cc2cc(C(C)(C)C)ccc2-3)c2ccc(C)cc2)cc1. The van der Waals surface area contributed by atoms with Crippen LogP contribution in [-0.4, -0.2) is 0 Å². The van der Waals surface area contributed by atoms with Crippen molar-refractivity contribution in [3.8, 4) is 11.1 Å². The van der Waals surface area contributed by atoms with E-state index in [9.17, 15) is 0 Å². The van der Waals surface area contributed by atoms with Crippen LogP contribution in [0.2, 0.25) is 0 Å². The van der Waals surface area contributed by atoms with Gasteiger partial charge in [0, 0.05) is 0 Å². The van der Waals surface area contributed by atoms with Crippen LogP contribution in [0.25, 0.3) is 22.3 Å². The van der Waals surface area contributed by atoms with Gasteiger partial charge in [-0.1, -0.05) is 150 Å². The molecule has 0 saturated heterocycles. The number of rotatable bonds is 3. The molecule has 0 aromatic heterocycles. The molecular weight excluding hydrogens is 492 g/mol. The van der Waals surface area contributed by atoms with Gasteiger partial charge >= 0.3 is 0 Å². The Kier molecular flexibility index (Phi) is 6.57. The molecule has 206 valence electrons. The van der Waals surface area contributed by atoms with Crippen molar-refractivity contribution in [1.82, 2.24) is 0 Å². The van der Waals surface area contributed by atoms with Crippen LogP contribution in [0.15, 0.2) is 103 Å². The van der Waals surface area contributed by atoms with Gasteiger partial charge in [0.25, 0.3) is 0 Å². The molecule has 0 aliphatic heterocycles. The molecule has 0 saturated carbocycles. The van der Waals surface area contributed by atoms with Gasteiger partial charge in [-0.15, -0.1) is 0 Å². The molecule has 0 unspecified atom stereocenters. The Hall–Kier alpha value is -3.90. The molecule has 0 bridgehead atoms.